The fourth-order valence-electron chi connectivity index (χ4n) is 1.63. The van der Waals surface area contributed by atoms with Crippen LogP contribution in [0.5, 0.6) is 0 Å². The summed E-state index contributed by atoms with van der Waals surface area (Å²) in [6.07, 6.45) is 0. The zero-order valence-electron chi connectivity index (χ0n) is 13.3. The second-order valence-electron chi connectivity index (χ2n) is 6.29. The molecule has 4 heteroatoms. The summed E-state index contributed by atoms with van der Waals surface area (Å²) in [7, 11) is 3.76. The van der Waals surface area contributed by atoms with Crippen LogP contribution in [0, 0.1) is 0 Å². The molecule has 0 saturated carbocycles. The maximum atomic E-state index is 5.12. The van der Waals surface area contributed by atoms with Crippen LogP contribution in [0.2, 0.25) is 0 Å². The largest absolute Gasteiger partial charge is 0.383 e. The Labute approximate surface area is 117 Å². The van der Waals surface area contributed by atoms with Crippen LogP contribution >= 0.6 is 0 Å². The molecule has 0 atom stereocenters. The van der Waals surface area contributed by atoms with E-state index in [1.165, 1.54) is 0 Å². The predicted molar refractivity (Wildman–Crippen MR) is 80.0 cm³/mol. The van der Waals surface area contributed by atoms with Crippen molar-refractivity contribution in [3.8, 4) is 0 Å². The molecule has 0 unspecified atom stereocenters. The number of rotatable bonds is 5. The van der Waals surface area contributed by atoms with Gasteiger partial charge in [-0.05, 0) is 0 Å². The number of anilines is 1. The van der Waals surface area contributed by atoms with Crippen molar-refractivity contribution in [2.75, 3.05) is 32.2 Å². The molecule has 1 aromatic heterocycles. The average Bonchev–Trinajstić information content (AvgIpc) is 2.34. The summed E-state index contributed by atoms with van der Waals surface area (Å²) >= 11 is 0. The Morgan fingerprint density at radius 1 is 1.26 bits per heavy atom. The molecule has 0 bridgehead atoms. The first-order valence-corrected chi connectivity index (χ1v) is 6.85. The lowest BCUT2D eigenvalue weighted by molar-refractivity contribution is 0.206. The van der Waals surface area contributed by atoms with E-state index in [1.54, 1.807) is 7.11 Å². The number of aromatic nitrogens is 2. The molecular formula is C15H27N3O. The van der Waals surface area contributed by atoms with Crippen molar-refractivity contribution in [1.82, 2.24) is 9.97 Å². The van der Waals surface area contributed by atoms with Gasteiger partial charge in [0, 0.05) is 38.1 Å². The van der Waals surface area contributed by atoms with Gasteiger partial charge in [-0.15, -0.1) is 0 Å². The number of ether oxygens (including phenoxy) is 1. The van der Waals surface area contributed by atoms with Crippen molar-refractivity contribution in [1.29, 1.82) is 0 Å². The minimum atomic E-state index is 0.0312. The van der Waals surface area contributed by atoms with Gasteiger partial charge in [-0.1, -0.05) is 34.6 Å². The number of hydrogen-bond donors (Lipinski definition) is 0. The SMILES string of the molecule is COCCN(C)c1cc(C(C)(C)C)nc(C(C)C)n1. The van der Waals surface area contributed by atoms with Crippen molar-refractivity contribution < 1.29 is 4.74 Å². The van der Waals surface area contributed by atoms with Crippen molar-refractivity contribution in [3.05, 3.63) is 17.6 Å². The Bertz CT molecular complexity index is 410. The van der Waals surface area contributed by atoms with E-state index in [0.717, 1.165) is 23.9 Å². The third-order valence-corrected chi connectivity index (χ3v) is 3.04. The molecule has 108 valence electrons. The molecule has 0 aliphatic carbocycles. The van der Waals surface area contributed by atoms with Crippen LogP contribution in [-0.2, 0) is 10.2 Å². The summed E-state index contributed by atoms with van der Waals surface area (Å²) in [6.45, 7) is 12.3. The first-order valence-electron chi connectivity index (χ1n) is 6.85. The molecule has 0 aliphatic heterocycles. The number of likely N-dealkylation sites (N-methyl/N-ethyl adjacent to an activating group) is 1. The number of nitrogens with zero attached hydrogens (tertiary/aromatic N) is 3. The van der Waals surface area contributed by atoms with Crippen LogP contribution in [0.25, 0.3) is 0 Å². The van der Waals surface area contributed by atoms with Crippen LogP contribution in [0.1, 0.15) is 52.1 Å². The Morgan fingerprint density at radius 3 is 2.37 bits per heavy atom. The average molecular weight is 265 g/mol. The van der Waals surface area contributed by atoms with Crippen molar-refractivity contribution in [3.63, 3.8) is 0 Å². The molecule has 4 nitrogen and oxygen atoms in total. The molecule has 1 rings (SSSR count). The smallest absolute Gasteiger partial charge is 0.133 e. The highest BCUT2D eigenvalue weighted by Crippen LogP contribution is 2.25. The predicted octanol–water partition coefficient (Wildman–Crippen LogP) is 2.98. The molecule has 0 aromatic carbocycles. The fraction of sp³-hybridized carbons (Fsp3) is 0.733. The van der Waals surface area contributed by atoms with E-state index in [9.17, 15) is 0 Å². The van der Waals surface area contributed by atoms with Crippen molar-refractivity contribution in [2.45, 2.75) is 46.0 Å². The van der Waals surface area contributed by atoms with E-state index in [2.05, 4.69) is 50.6 Å². The first kappa shape index (κ1) is 15.9. The minimum absolute atomic E-state index is 0.0312. The summed E-state index contributed by atoms with van der Waals surface area (Å²) in [6, 6.07) is 2.08. The lowest BCUT2D eigenvalue weighted by Gasteiger charge is -2.24. The molecule has 0 radical (unpaired) electrons. The third-order valence-electron chi connectivity index (χ3n) is 3.04. The van der Waals surface area contributed by atoms with Gasteiger partial charge < -0.3 is 9.64 Å². The van der Waals surface area contributed by atoms with Crippen molar-refractivity contribution >= 4 is 5.82 Å². The van der Waals surface area contributed by atoms with Gasteiger partial charge in [-0.3, -0.25) is 0 Å². The molecule has 19 heavy (non-hydrogen) atoms. The number of hydrogen-bond acceptors (Lipinski definition) is 4. The van der Waals surface area contributed by atoms with E-state index in [0.29, 0.717) is 12.5 Å². The summed E-state index contributed by atoms with van der Waals surface area (Å²) in [4.78, 5) is 11.5. The molecule has 0 spiro atoms. The highest BCUT2D eigenvalue weighted by Gasteiger charge is 2.20. The Morgan fingerprint density at radius 2 is 1.89 bits per heavy atom. The van der Waals surface area contributed by atoms with E-state index >= 15 is 0 Å². The van der Waals surface area contributed by atoms with Crippen LogP contribution in [-0.4, -0.2) is 37.3 Å². The lowest BCUT2D eigenvalue weighted by Crippen LogP contribution is -2.25. The monoisotopic (exact) mass is 265 g/mol. The van der Waals surface area contributed by atoms with Gasteiger partial charge in [-0.25, -0.2) is 9.97 Å². The van der Waals surface area contributed by atoms with Gasteiger partial charge >= 0.3 is 0 Å². The van der Waals surface area contributed by atoms with Crippen LogP contribution < -0.4 is 4.90 Å². The van der Waals surface area contributed by atoms with Crippen LogP contribution in [0.4, 0.5) is 5.82 Å². The summed E-state index contributed by atoms with van der Waals surface area (Å²) in [5.74, 6) is 2.21. The highest BCUT2D eigenvalue weighted by atomic mass is 16.5. The zero-order chi connectivity index (χ0) is 14.6. The molecular weight excluding hydrogens is 238 g/mol. The van der Waals surface area contributed by atoms with E-state index in [1.807, 2.05) is 7.05 Å². The van der Waals surface area contributed by atoms with Gasteiger partial charge in [0.25, 0.3) is 0 Å². The second-order valence-corrected chi connectivity index (χ2v) is 6.29. The van der Waals surface area contributed by atoms with Crippen LogP contribution in [0.15, 0.2) is 6.07 Å². The Balaban J connectivity index is 3.13. The standard InChI is InChI=1S/C15H27N3O/c1-11(2)14-16-12(15(3,4)5)10-13(17-14)18(6)8-9-19-7/h10-11H,8-9H2,1-7H3. The van der Waals surface area contributed by atoms with Gasteiger partial charge in [-0.2, -0.15) is 0 Å². The minimum Gasteiger partial charge on any atom is -0.383 e. The van der Waals surface area contributed by atoms with Gasteiger partial charge in [0.2, 0.25) is 0 Å². The first-order chi connectivity index (χ1) is 8.75. The normalized spacial score (nSPS) is 12.0. The molecule has 0 saturated heterocycles. The second kappa shape index (κ2) is 6.33. The zero-order valence-corrected chi connectivity index (χ0v) is 13.3. The molecule has 0 amide bonds. The molecule has 1 heterocycles. The third kappa shape index (κ3) is 4.46. The Kier molecular flexibility index (Phi) is 5.29. The van der Waals surface area contributed by atoms with E-state index < -0.39 is 0 Å². The maximum absolute atomic E-state index is 5.12. The maximum Gasteiger partial charge on any atom is 0.133 e. The fourth-order valence-corrected chi connectivity index (χ4v) is 1.63. The lowest BCUT2D eigenvalue weighted by atomic mass is 9.91. The van der Waals surface area contributed by atoms with Crippen LogP contribution in [0.3, 0.4) is 0 Å². The van der Waals surface area contributed by atoms with E-state index in [4.69, 9.17) is 9.72 Å². The highest BCUT2D eigenvalue weighted by molar-refractivity contribution is 5.40. The van der Waals surface area contributed by atoms with E-state index in [-0.39, 0.29) is 5.41 Å². The van der Waals surface area contributed by atoms with Gasteiger partial charge in [0.05, 0.1) is 12.3 Å². The quantitative estimate of drug-likeness (QED) is 0.820. The topological polar surface area (TPSA) is 38.2 Å². The molecule has 0 fully saturated rings. The summed E-state index contributed by atoms with van der Waals surface area (Å²) in [5.41, 5.74) is 1.12. The molecule has 0 N–H and O–H groups in total. The van der Waals surface area contributed by atoms with Gasteiger partial charge in [0.15, 0.2) is 0 Å². The molecule has 1 aromatic rings. The summed E-state index contributed by atoms with van der Waals surface area (Å²) in [5, 5.41) is 0. The van der Waals surface area contributed by atoms with Crippen molar-refractivity contribution in [2.24, 2.45) is 0 Å². The molecule has 0 aliphatic rings. The number of methoxy groups -OCH3 is 1. The Hall–Kier alpha value is -1.16. The van der Waals surface area contributed by atoms with Gasteiger partial charge in [0.1, 0.15) is 11.6 Å². The summed E-state index contributed by atoms with van der Waals surface area (Å²) < 4.78 is 5.12.